The van der Waals surface area contributed by atoms with Crippen LogP contribution in [0.25, 0.3) is 28.0 Å². The summed E-state index contributed by atoms with van der Waals surface area (Å²) in [7, 11) is -0.674. The van der Waals surface area contributed by atoms with Gasteiger partial charge in [-0.1, -0.05) is 0 Å². The van der Waals surface area contributed by atoms with Gasteiger partial charge in [-0.15, -0.1) is 0 Å². The monoisotopic (exact) mass is 468 g/mol. The second-order valence-electron chi connectivity index (χ2n) is 8.28. The number of ether oxygens (including phenoxy) is 1. The maximum Gasteiger partial charge on any atom is 0.244 e. The third-order valence-electron chi connectivity index (χ3n) is 5.86. The first kappa shape index (κ1) is 21.6. The van der Waals surface area contributed by atoms with Gasteiger partial charge in [-0.2, -0.15) is 5.10 Å². The lowest BCUT2D eigenvalue weighted by Gasteiger charge is -2.12. The van der Waals surface area contributed by atoms with Gasteiger partial charge in [0.05, 0.1) is 29.2 Å². The van der Waals surface area contributed by atoms with Crippen molar-refractivity contribution in [1.82, 2.24) is 28.6 Å². The Balaban J connectivity index is 1.57. The molecule has 4 aromatic rings. The van der Waals surface area contributed by atoms with Crippen LogP contribution in [0, 0.1) is 6.92 Å². The van der Waals surface area contributed by atoms with E-state index < -0.39 is 10.0 Å². The summed E-state index contributed by atoms with van der Waals surface area (Å²) >= 11 is 0. The molecule has 1 saturated heterocycles. The molecule has 172 valence electrons. The number of rotatable bonds is 5. The fourth-order valence-electron chi connectivity index (χ4n) is 4.01. The van der Waals surface area contributed by atoms with Crippen LogP contribution in [0.2, 0.25) is 0 Å². The number of aromatic hydroxyl groups is 1. The summed E-state index contributed by atoms with van der Waals surface area (Å²) in [5.74, 6) is 0.635. The van der Waals surface area contributed by atoms with E-state index in [1.54, 1.807) is 23.0 Å². The summed E-state index contributed by atoms with van der Waals surface area (Å²) in [6.45, 7) is 3.22. The number of nitrogens with zero attached hydrogens (tertiary/aromatic N) is 6. The minimum atomic E-state index is -3.62. The van der Waals surface area contributed by atoms with Crippen LogP contribution in [0.4, 0.5) is 0 Å². The standard InChI is InChI=1S/C22H24N6O4S/c1-14-8-18(15-9-17(11-23-10-15)33(30,31)26(2)3)24-19-12-27(22(29)21(14)19)20-4-6-28(25-20)16-5-7-32-13-16/h4,6,8-12,16,29H,5,7,13H2,1-3H3/t16-/m0/s1. The largest absolute Gasteiger partial charge is 0.494 e. The highest BCUT2D eigenvalue weighted by Crippen LogP contribution is 2.34. The summed E-state index contributed by atoms with van der Waals surface area (Å²) in [5, 5.41) is 16.2. The molecule has 1 N–H and O–H groups in total. The van der Waals surface area contributed by atoms with Crippen LogP contribution in [0.15, 0.2) is 47.9 Å². The van der Waals surface area contributed by atoms with Crippen molar-refractivity contribution in [3.63, 3.8) is 0 Å². The summed E-state index contributed by atoms with van der Waals surface area (Å²) in [5.41, 5.74) is 2.51. The topological polar surface area (TPSA) is 115 Å². The Morgan fingerprint density at radius 3 is 2.79 bits per heavy atom. The van der Waals surface area contributed by atoms with Crippen molar-refractivity contribution in [1.29, 1.82) is 0 Å². The van der Waals surface area contributed by atoms with Gasteiger partial charge in [-0.05, 0) is 31.0 Å². The van der Waals surface area contributed by atoms with Gasteiger partial charge >= 0.3 is 0 Å². The molecule has 0 aromatic carbocycles. The molecule has 4 aromatic heterocycles. The highest BCUT2D eigenvalue weighted by atomic mass is 32.2. The molecule has 33 heavy (non-hydrogen) atoms. The maximum atomic E-state index is 12.5. The SMILES string of the molecule is Cc1cc(-c2cncc(S(=O)(=O)N(C)C)c2)nc2cn(-c3ccn([C@H]4CCOC4)n3)c(O)c12. The predicted octanol–water partition coefficient (Wildman–Crippen LogP) is 2.51. The zero-order chi connectivity index (χ0) is 23.3. The molecule has 1 fully saturated rings. The maximum absolute atomic E-state index is 12.5. The Labute approximate surface area is 191 Å². The van der Waals surface area contributed by atoms with Crippen LogP contribution < -0.4 is 0 Å². The Morgan fingerprint density at radius 1 is 1.24 bits per heavy atom. The van der Waals surface area contributed by atoms with Gasteiger partial charge in [0.15, 0.2) is 5.82 Å². The number of pyridine rings is 2. The number of sulfonamides is 1. The van der Waals surface area contributed by atoms with Crippen molar-refractivity contribution in [3.8, 4) is 23.0 Å². The second-order valence-corrected chi connectivity index (χ2v) is 10.4. The Morgan fingerprint density at radius 2 is 2.06 bits per heavy atom. The van der Waals surface area contributed by atoms with Gasteiger partial charge in [-0.25, -0.2) is 17.7 Å². The Hall–Kier alpha value is -3.28. The smallest absolute Gasteiger partial charge is 0.244 e. The average molecular weight is 469 g/mol. The quantitative estimate of drug-likeness (QED) is 0.478. The van der Waals surface area contributed by atoms with Gasteiger partial charge < -0.3 is 9.84 Å². The van der Waals surface area contributed by atoms with E-state index >= 15 is 0 Å². The molecule has 0 aliphatic carbocycles. The van der Waals surface area contributed by atoms with Crippen molar-refractivity contribution in [2.45, 2.75) is 24.3 Å². The second kappa shape index (κ2) is 7.94. The molecule has 0 radical (unpaired) electrons. The van der Waals surface area contributed by atoms with E-state index in [-0.39, 0.29) is 16.8 Å². The summed E-state index contributed by atoms with van der Waals surface area (Å²) in [4.78, 5) is 8.88. The average Bonchev–Trinajstić information content (AvgIpc) is 3.53. The molecule has 1 aliphatic heterocycles. The fourth-order valence-corrected chi connectivity index (χ4v) is 4.90. The molecular formula is C22H24N6O4S. The van der Waals surface area contributed by atoms with E-state index in [1.165, 1.54) is 20.3 Å². The number of aryl methyl sites for hydroxylation is 1. The molecule has 0 saturated carbocycles. The lowest BCUT2D eigenvalue weighted by molar-refractivity contribution is 0.184. The van der Waals surface area contributed by atoms with E-state index in [1.807, 2.05) is 29.9 Å². The third kappa shape index (κ3) is 3.67. The van der Waals surface area contributed by atoms with Crippen LogP contribution in [-0.4, -0.2) is 69.5 Å². The van der Waals surface area contributed by atoms with Crippen LogP contribution in [0.5, 0.6) is 5.88 Å². The number of aromatic nitrogens is 5. The van der Waals surface area contributed by atoms with Crippen molar-refractivity contribution >= 4 is 20.9 Å². The first-order valence-electron chi connectivity index (χ1n) is 10.5. The van der Waals surface area contributed by atoms with E-state index in [2.05, 4.69) is 15.1 Å². The molecule has 11 heteroatoms. The minimum Gasteiger partial charge on any atom is -0.494 e. The molecule has 10 nitrogen and oxygen atoms in total. The minimum absolute atomic E-state index is 0.0523. The zero-order valence-corrected chi connectivity index (χ0v) is 19.3. The lowest BCUT2D eigenvalue weighted by atomic mass is 10.1. The fraction of sp³-hybridized carbons (Fsp3) is 0.318. The predicted molar refractivity (Wildman–Crippen MR) is 122 cm³/mol. The highest BCUT2D eigenvalue weighted by molar-refractivity contribution is 7.89. The van der Waals surface area contributed by atoms with Gasteiger partial charge in [0.1, 0.15) is 4.90 Å². The zero-order valence-electron chi connectivity index (χ0n) is 18.5. The number of fused-ring (bicyclic) bond motifs is 1. The molecular weight excluding hydrogens is 444 g/mol. The summed E-state index contributed by atoms with van der Waals surface area (Å²) in [6, 6.07) is 5.39. The van der Waals surface area contributed by atoms with Crippen LogP contribution >= 0.6 is 0 Å². The number of hydrogen-bond donors (Lipinski definition) is 1. The van der Waals surface area contributed by atoms with Crippen molar-refractivity contribution < 1.29 is 18.3 Å². The van der Waals surface area contributed by atoms with Crippen molar-refractivity contribution in [3.05, 3.63) is 48.5 Å². The highest BCUT2D eigenvalue weighted by Gasteiger charge is 2.22. The van der Waals surface area contributed by atoms with Gasteiger partial charge in [0.25, 0.3) is 0 Å². The van der Waals surface area contributed by atoms with Gasteiger partial charge in [0, 0.05) is 57.1 Å². The Kier molecular flexibility index (Phi) is 5.19. The van der Waals surface area contributed by atoms with Crippen LogP contribution in [-0.2, 0) is 14.8 Å². The van der Waals surface area contributed by atoms with E-state index in [0.29, 0.717) is 34.6 Å². The lowest BCUT2D eigenvalue weighted by Crippen LogP contribution is -2.22. The Bertz CT molecular complexity index is 1450. The van der Waals surface area contributed by atoms with Crippen molar-refractivity contribution in [2.75, 3.05) is 27.3 Å². The van der Waals surface area contributed by atoms with Crippen LogP contribution in [0.3, 0.4) is 0 Å². The molecule has 1 atom stereocenters. The molecule has 0 bridgehead atoms. The molecule has 5 rings (SSSR count). The van der Waals surface area contributed by atoms with E-state index in [4.69, 9.17) is 4.74 Å². The first-order valence-corrected chi connectivity index (χ1v) is 11.9. The first-order chi connectivity index (χ1) is 15.8. The van der Waals surface area contributed by atoms with E-state index in [9.17, 15) is 13.5 Å². The summed E-state index contributed by atoms with van der Waals surface area (Å²) in [6.07, 6.45) is 7.41. The molecule has 5 heterocycles. The van der Waals surface area contributed by atoms with Gasteiger partial charge in [-0.3, -0.25) is 14.2 Å². The third-order valence-corrected chi connectivity index (χ3v) is 7.64. The van der Waals surface area contributed by atoms with E-state index in [0.717, 1.165) is 22.9 Å². The summed E-state index contributed by atoms with van der Waals surface area (Å²) < 4.78 is 35.1. The molecule has 1 aliphatic rings. The number of hydrogen-bond acceptors (Lipinski definition) is 7. The molecule has 0 amide bonds. The normalized spacial score (nSPS) is 16.8. The molecule has 0 spiro atoms. The van der Waals surface area contributed by atoms with Crippen LogP contribution in [0.1, 0.15) is 18.0 Å². The van der Waals surface area contributed by atoms with Crippen molar-refractivity contribution in [2.24, 2.45) is 0 Å². The molecule has 0 unspecified atom stereocenters. The van der Waals surface area contributed by atoms with Gasteiger partial charge in [0.2, 0.25) is 15.9 Å².